The predicted octanol–water partition coefficient (Wildman–Crippen LogP) is 2.26. The zero-order valence-corrected chi connectivity index (χ0v) is 16.0. The van der Waals surface area contributed by atoms with Crippen molar-refractivity contribution < 1.29 is 4.74 Å². The van der Waals surface area contributed by atoms with Crippen molar-refractivity contribution in [2.75, 3.05) is 39.2 Å². The van der Waals surface area contributed by atoms with Crippen LogP contribution in [0.4, 0.5) is 5.82 Å². The van der Waals surface area contributed by atoms with Crippen LogP contribution in [0.2, 0.25) is 0 Å². The lowest BCUT2D eigenvalue weighted by Crippen LogP contribution is -2.39. The van der Waals surface area contributed by atoms with E-state index in [-0.39, 0.29) is 6.10 Å². The number of aliphatic imine (C=N–C) groups is 1. The average molecular weight is 335 g/mol. The van der Waals surface area contributed by atoms with Gasteiger partial charge in [-0.05, 0) is 37.0 Å². The van der Waals surface area contributed by atoms with Crippen molar-refractivity contribution >= 4 is 11.8 Å². The minimum atomic E-state index is 0.281. The Labute approximate surface area is 146 Å². The van der Waals surface area contributed by atoms with Crippen molar-refractivity contribution in [3.8, 4) is 0 Å². The molecule has 1 atom stereocenters. The van der Waals surface area contributed by atoms with E-state index in [0.717, 1.165) is 31.3 Å². The van der Waals surface area contributed by atoms with Gasteiger partial charge in [0.1, 0.15) is 5.82 Å². The molecule has 2 N–H and O–H groups in total. The number of hydrogen-bond donors (Lipinski definition) is 2. The van der Waals surface area contributed by atoms with E-state index in [2.05, 4.69) is 40.5 Å². The van der Waals surface area contributed by atoms with Gasteiger partial charge in [0.25, 0.3) is 0 Å². The summed E-state index contributed by atoms with van der Waals surface area (Å²) in [5.41, 5.74) is 1.17. The molecule has 0 saturated heterocycles. The van der Waals surface area contributed by atoms with Crippen LogP contribution in [-0.2, 0) is 11.3 Å². The van der Waals surface area contributed by atoms with Gasteiger partial charge in [-0.25, -0.2) is 4.98 Å². The normalized spacial score (nSPS) is 13.0. The standard InChI is InChI=1S/C18H33N5O/c1-7-24-16(14(2)3)9-11-21-18(19-4)22-13-15-8-10-20-17(12-15)23(5)6/h8,10,12,14,16H,7,9,11,13H2,1-6H3,(H2,19,21,22). The fourth-order valence-electron chi connectivity index (χ4n) is 2.38. The summed E-state index contributed by atoms with van der Waals surface area (Å²) < 4.78 is 5.77. The molecule has 0 aliphatic carbocycles. The third-order valence-corrected chi connectivity index (χ3v) is 3.80. The monoisotopic (exact) mass is 335 g/mol. The fourth-order valence-corrected chi connectivity index (χ4v) is 2.38. The zero-order valence-electron chi connectivity index (χ0n) is 16.0. The Kier molecular flexibility index (Phi) is 9.15. The van der Waals surface area contributed by atoms with Gasteiger partial charge in [-0.2, -0.15) is 0 Å². The lowest BCUT2D eigenvalue weighted by Gasteiger charge is -2.21. The van der Waals surface area contributed by atoms with Crippen LogP contribution in [0.1, 0.15) is 32.8 Å². The molecule has 0 aliphatic rings. The topological polar surface area (TPSA) is 61.8 Å². The predicted molar refractivity (Wildman–Crippen MR) is 102 cm³/mol. The van der Waals surface area contributed by atoms with E-state index in [1.54, 1.807) is 7.05 Å². The van der Waals surface area contributed by atoms with Gasteiger partial charge in [0.15, 0.2) is 5.96 Å². The van der Waals surface area contributed by atoms with Gasteiger partial charge in [0, 0.05) is 47.0 Å². The first-order valence-electron chi connectivity index (χ1n) is 8.66. The van der Waals surface area contributed by atoms with Crippen LogP contribution < -0.4 is 15.5 Å². The van der Waals surface area contributed by atoms with Crippen LogP contribution in [0.25, 0.3) is 0 Å². The number of anilines is 1. The molecule has 0 aliphatic heterocycles. The second-order valence-corrected chi connectivity index (χ2v) is 6.30. The quantitative estimate of drug-likeness (QED) is 0.535. The van der Waals surface area contributed by atoms with Crippen LogP contribution in [0.3, 0.4) is 0 Å². The molecule has 1 rings (SSSR count). The zero-order chi connectivity index (χ0) is 17.9. The van der Waals surface area contributed by atoms with Crippen molar-refractivity contribution in [3.63, 3.8) is 0 Å². The maximum atomic E-state index is 5.77. The third kappa shape index (κ3) is 7.17. The first-order valence-corrected chi connectivity index (χ1v) is 8.66. The van der Waals surface area contributed by atoms with Gasteiger partial charge >= 0.3 is 0 Å². The number of rotatable bonds is 9. The fraction of sp³-hybridized carbons (Fsp3) is 0.667. The molecule has 0 aromatic carbocycles. The van der Waals surface area contributed by atoms with Gasteiger partial charge in [-0.1, -0.05) is 13.8 Å². The Morgan fingerprint density at radius 3 is 2.67 bits per heavy atom. The first kappa shape index (κ1) is 20.2. The minimum absolute atomic E-state index is 0.281. The van der Waals surface area contributed by atoms with Crippen LogP contribution in [-0.4, -0.2) is 51.3 Å². The van der Waals surface area contributed by atoms with E-state index >= 15 is 0 Å². The molecule has 136 valence electrons. The van der Waals surface area contributed by atoms with E-state index in [1.165, 1.54) is 5.56 Å². The molecule has 0 spiro atoms. The summed E-state index contributed by atoms with van der Waals surface area (Å²) in [6.07, 6.45) is 3.08. The summed E-state index contributed by atoms with van der Waals surface area (Å²) in [5.74, 6) is 2.27. The molecular weight excluding hydrogens is 302 g/mol. The smallest absolute Gasteiger partial charge is 0.191 e. The summed E-state index contributed by atoms with van der Waals surface area (Å²) >= 11 is 0. The molecule has 0 saturated carbocycles. The molecular formula is C18H33N5O. The van der Waals surface area contributed by atoms with Crippen molar-refractivity contribution in [3.05, 3.63) is 23.9 Å². The third-order valence-electron chi connectivity index (χ3n) is 3.80. The van der Waals surface area contributed by atoms with Gasteiger partial charge in [-0.15, -0.1) is 0 Å². The van der Waals surface area contributed by atoms with Crippen molar-refractivity contribution in [1.29, 1.82) is 0 Å². The van der Waals surface area contributed by atoms with Crippen LogP contribution in [0.15, 0.2) is 23.3 Å². The van der Waals surface area contributed by atoms with E-state index in [4.69, 9.17) is 4.74 Å². The van der Waals surface area contributed by atoms with Gasteiger partial charge in [0.2, 0.25) is 0 Å². The van der Waals surface area contributed by atoms with Crippen molar-refractivity contribution in [1.82, 2.24) is 15.6 Å². The number of pyridine rings is 1. The van der Waals surface area contributed by atoms with E-state index < -0.39 is 0 Å². The summed E-state index contributed by atoms with van der Waals surface area (Å²) in [7, 11) is 5.77. The number of ether oxygens (including phenoxy) is 1. The number of hydrogen-bond acceptors (Lipinski definition) is 4. The van der Waals surface area contributed by atoms with Crippen LogP contribution in [0, 0.1) is 5.92 Å². The largest absolute Gasteiger partial charge is 0.378 e. The molecule has 6 heteroatoms. The van der Waals surface area contributed by atoms with E-state index in [0.29, 0.717) is 12.5 Å². The Hall–Kier alpha value is -1.82. The van der Waals surface area contributed by atoms with E-state index in [1.807, 2.05) is 38.2 Å². The molecule has 6 nitrogen and oxygen atoms in total. The van der Waals surface area contributed by atoms with Crippen LogP contribution >= 0.6 is 0 Å². The van der Waals surface area contributed by atoms with Crippen molar-refractivity contribution in [2.45, 2.75) is 39.8 Å². The van der Waals surface area contributed by atoms with Crippen molar-refractivity contribution in [2.24, 2.45) is 10.9 Å². The summed E-state index contributed by atoms with van der Waals surface area (Å²) in [6.45, 7) is 8.73. The molecule has 24 heavy (non-hydrogen) atoms. The van der Waals surface area contributed by atoms with Gasteiger partial charge in [0.05, 0.1) is 6.10 Å². The molecule has 0 bridgehead atoms. The molecule has 1 heterocycles. The van der Waals surface area contributed by atoms with Gasteiger partial charge in [-0.3, -0.25) is 4.99 Å². The number of aromatic nitrogens is 1. The number of nitrogens with zero attached hydrogens (tertiary/aromatic N) is 3. The highest BCUT2D eigenvalue weighted by molar-refractivity contribution is 5.79. The minimum Gasteiger partial charge on any atom is -0.378 e. The van der Waals surface area contributed by atoms with E-state index in [9.17, 15) is 0 Å². The Morgan fingerprint density at radius 2 is 2.08 bits per heavy atom. The lowest BCUT2D eigenvalue weighted by atomic mass is 10.0. The molecule has 1 unspecified atom stereocenters. The average Bonchev–Trinajstić information content (AvgIpc) is 2.57. The number of guanidine groups is 1. The summed E-state index contributed by atoms with van der Waals surface area (Å²) in [5, 5.41) is 6.69. The molecule has 0 amide bonds. The second-order valence-electron chi connectivity index (χ2n) is 6.30. The second kappa shape index (κ2) is 10.9. The lowest BCUT2D eigenvalue weighted by molar-refractivity contribution is 0.0258. The molecule has 0 radical (unpaired) electrons. The van der Waals surface area contributed by atoms with Crippen LogP contribution in [0.5, 0.6) is 0 Å². The SMILES string of the molecule is CCOC(CCNC(=NC)NCc1ccnc(N(C)C)c1)C(C)C. The first-order chi connectivity index (χ1) is 11.5. The Bertz CT molecular complexity index is 502. The number of nitrogens with one attached hydrogen (secondary N) is 2. The molecule has 1 aromatic heterocycles. The maximum absolute atomic E-state index is 5.77. The van der Waals surface area contributed by atoms with Gasteiger partial charge < -0.3 is 20.3 Å². The summed E-state index contributed by atoms with van der Waals surface area (Å²) in [6, 6.07) is 4.08. The highest BCUT2D eigenvalue weighted by Crippen LogP contribution is 2.10. The Balaban J connectivity index is 2.44. The molecule has 0 fully saturated rings. The maximum Gasteiger partial charge on any atom is 0.191 e. The Morgan fingerprint density at radius 1 is 1.33 bits per heavy atom. The highest BCUT2D eigenvalue weighted by atomic mass is 16.5. The highest BCUT2D eigenvalue weighted by Gasteiger charge is 2.12. The summed E-state index contributed by atoms with van der Waals surface area (Å²) in [4.78, 5) is 10.6. The molecule has 1 aromatic rings.